The monoisotopic (exact) mass is 856 g/mol. The third-order valence-electron chi connectivity index (χ3n) is 11.5. The van der Waals surface area contributed by atoms with E-state index in [4.69, 9.17) is 24.5 Å². The molecule has 1 saturated heterocycles. The molecule has 15 heteroatoms. The number of hydrogen-bond donors (Lipinski definition) is 2. The van der Waals surface area contributed by atoms with E-state index in [2.05, 4.69) is 22.0 Å². The Labute approximate surface area is 359 Å². The average molecular weight is 857 g/mol. The summed E-state index contributed by atoms with van der Waals surface area (Å²) < 4.78 is 46.3. The minimum absolute atomic E-state index is 0.0137. The van der Waals surface area contributed by atoms with Gasteiger partial charge in [-0.1, -0.05) is 78.9 Å². The number of pyridine rings is 1. The highest BCUT2D eigenvalue weighted by molar-refractivity contribution is 7.89. The van der Waals surface area contributed by atoms with E-state index in [0.29, 0.717) is 57.3 Å². The molecule has 0 aliphatic carbocycles. The van der Waals surface area contributed by atoms with Gasteiger partial charge in [-0.2, -0.15) is 9.40 Å². The number of aryl methyl sites for hydroxylation is 2. The molecular weight excluding hydrogens is 809 g/mol. The zero-order valence-corrected chi connectivity index (χ0v) is 35.6. The number of aliphatic carboxylic acids is 1. The van der Waals surface area contributed by atoms with Crippen LogP contribution in [-0.4, -0.2) is 87.1 Å². The molecule has 0 unspecified atom stereocenters. The van der Waals surface area contributed by atoms with Crippen molar-refractivity contribution in [3.8, 4) is 16.9 Å². The molecule has 9 rings (SSSR count). The Kier molecular flexibility index (Phi) is 12.1. The molecule has 2 aliphatic rings. The second-order valence-corrected chi connectivity index (χ2v) is 17.3. The number of anilines is 1. The summed E-state index contributed by atoms with van der Waals surface area (Å²) in [4.78, 5) is 29.2. The summed E-state index contributed by atoms with van der Waals surface area (Å²) in [6, 6.07) is 31.0. The predicted molar refractivity (Wildman–Crippen MR) is 236 cm³/mol. The van der Waals surface area contributed by atoms with Crippen molar-refractivity contribution < 1.29 is 37.7 Å². The lowest BCUT2D eigenvalue weighted by Crippen LogP contribution is -2.36. The van der Waals surface area contributed by atoms with Crippen LogP contribution in [0.2, 0.25) is 0 Å². The van der Waals surface area contributed by atoms with Crippen molar-refractivity contribution in [1.29, 1.82) is 0 Å². The lowest BCUT2D eigenvalue weighted by molar-refractivity contribution is -0.134. The molecule has 3 aromatic heterocycles. The van der Waals surface area contributed by atoms with Gasteiger partial charge < -0.3 is 29.2 Å². The van der Waals surface area contributed by atoms with Gasteiger partial charge in [-0.05, 0) is 60.0 Å². The van der Waals surface area contributed by atoms with Crippen LogP contribution in [-0.2, 0) is 52.7 Å². The topological polar surface area (TPSA) is 169 Å². The van der Waals surface area contributed by atoms with E-state index in [1.165, 1.54) is 10.5 Å². The van der Waals surface area contributed by atoms with Gasteiger partial charge in [0.1, 0.15) is 22.2 Å². The number of carboxylic acid groups (broad SMARTS) is 2. The standard InChI is InChI=1S/C45H44N6O6S.C2H4O2/c1-30-42-38-16-8-15-36-37(17-9-23-57-40-18-7-13-31-10-5-6-14-35(31)40)44(45(52)53)51(43(36)38)28-33-12-4-3-11-32(33)27-50(29-39(42)47-48(30)2)58(54,55)34-19-20-41(46-26-34)49-21-24-56-25-22-49;1-2(3)4/h3-8,10-16,18-20,26H,9,17,21-25,27-29H2,1-2H3,(H,52,53);1H3,(H,3,4). The maximum Gasteiger partial charge on any atom is 0.352 e. The molecule has 320 valence electrons. The van der Waals surface area contributed by atoms with Crippen LogP contribution in [0.25, 0.3) is 32.8 Å². The molecule has 0 spiro atoms. The minimum Gasteiger partial charge on any atom is -0.493 e. The summed E-state index contributed by atoms with van der Waals surface area (Å²) in [6.07, 6.45) is 2.50. The van der Waals surface area contributed by atoms with Crippen LogP contribution >= 0.6 is 0 Å². The SMILES string of the molecule is CC(=O)O.Cc1c2c(nn1C)CN(S(=O)(=O)c1ccc(N3CCOCC3)nc1)Cc1ccccc1Cn1c(C(=O)O)c(CCCOc3cccc4ccccc34)c3cccc-2c31. The first-order chi connectivity index (χ1) is 29.9. The fourth-order valence-corrected chi connectivity index (χ4v) is 9.83. The fraction of sp³-hybridized carbons (Fsp3) is 0.277. The van der Waals surface area contributed by atoms with Gasteiger partial charge in [0.15, 0.2) is 0 Å². The van der Waals surface area contributed by atoms with Crippen molar-refractivity contribution in [2.45, 2.75) is 51.2 Å². The van der Waals surface area contributed by atoms with Crippen molar-refractivity contribution in [3.05, 3.63) is 137 Å². The van der Waals surface area contributed by atoms with Crippen LogP contribution in [0, 0.1) is 6.92 Å². The highest BCUT2D eigenvalue weighted by Crippen LogP contribution is 2.40. The van der Waals surface area contributed by atoms with Crippen molar-refractivity contribution >= 4 is 49.5 Å². The van der Waals surface area contributed by atoms with Crippen LogP contribution in [0.1, 0.15) is 51.9 Å². The minimum atomic E-state index is -4.09. The number of carbonyl (C=O) groups is 2. The molecule has 14 nitrogen and oxygen atoms in total. The van der Waals surface area contributed by atoms with E-state index in [9.17, 15) is 18.3 Å². The third kappa shape index (κ3) is 8.38. The summed E-state index contributed by atoms with van der Waals surface area (Å²) >= 11 is 0. The predicted octanol–water partition coefficient (Wildman–Crippen LogP) is 7.29. The molecule has 4 aromatic carbocycles. The number of hydrogen-bond acceptors (Lipinski definition) is 9. The maximum atomic E-state index is 14.7. The quantitative estimate of drug-likeness (QED) is 0.140. The zero-order chi connectivity index (χ0) is 43.5. The number of fused-ring (bicyclic) bond motifs is 4. The highest BCUT2D eigenvalue weighted by atomic mass is 32.2. The number of carboxylic acids is 2. The van der Waals surface area contributed by atoms with Gasteiger partial charge in [0.2, 0.25) is 10.0 Å². The number of benzene rings is 4. The summed E-state index contributed by atoms with van der Waals surface area (Å²) in [5, 5.41) is 26.3. The van der Waals surface area contributed by atoms with Gasteiger partial charge in [0, 0.05) is 73.9 Å². The van der Waals surface area contributed by atoms with E-state index in [1.54, 1.807) is 16.8 Å². The van der Waals surface area contributed by atoms with E-state index in [0.717, 1.165) is 67.9 Å². The van der Waals surface area contributed by atoms with Crippen LogP contribution in [0.4, 0.5) is 5.82 Å². The molecule has 1 fully saturated rings. The Morgan fingerprint density at radius 2 is 1.52 bits per heavy atom. The Morgan fingerprint density at radius 3 is 2.24 bits per heavy atom. The number of nitrogens with zero attached hydrogens (tertiary/aromatic N) is 6. The summed E-state index contributed by atoms with van der Waals surface area (Å²) in [5.74, 6) is -0.363. The Bertz CT molecular complexity index is 2890. The van der Waals surface area contributed by atoms with Crippen LogP contribution < -0.4 is 9.64 Å². The first kappa shape index (κ1) is 42.2. The maximum absolute atomic E-state index is 14.7. The van der Waals surface area contributed by atoms with Gasteiger partial charge in [-0.25, -0.2) is 18.2 Å². The smallest absolute Gasteiger partial charge is 0.352 e. The first-order valence-electron chi connectivity index (χ1n) is 20.5. The van der Waals surface area contributed by atoms with Crippen LogP contribution in [0.3, 0.4) is 0 Å². The second kappa shape index (κ2) is 17.8. The van der Waals surface area contributed by atoms with Gasteiger partial charge in [-0.3, -0.25) is 9.48 Å². The number of morpholine rings is 1. The Morgan fingerprint density at radius 1 is 0.839 bits per heavy atom. The van der Waals surface area contributed by atoms with E-state index < -0.39 is 22.0 Å². The van der Waals surface area contributed by atoms with Crippen molar-refractivity contribution in [3.63, 3.8) is 0 Å². The molecule has 5 heterocycles. The lowest BCUT2D eigenvalue weighted by atomic mass is 9.98. The summed E-state index contributed by atoms with van der Waals surface area (Å²) in [6.45, 7) is 6.25. The molecular formula is C47H48N6O8S. The number of rotatable bonds is 9. The molecule has 2 N–H and O–H groups in total. The molecule has 0 radical (unpaired) electrons. The molecule has 0 atom stereocenters. The Hall–Kier alpha value is -6.55. The van der Waals surface area contributed by atoms with Crippen LogP contribution in [0.5, 0.6) is 5.75 Å². The summed E-state index contributed by atoms with van der Waals surface area (Å²) in [5.41, 5.74) is 6.29. The number of para-hydroxylation sites is 1. The Balaban J connectivity index is 0.00000127. The van der Waals surface area contributed by atoms with E-state index in [1.807, 2.05) is 91.3 Å². The number of sulfonamides is 1. The number of aromatic nitrogens is 4. The molecule has 0 amide bonds. The average Bonchev–Trinajstić information content (AvgIpc) is 3.73. The molecule has 2 aliphatic heterocycles. The first-order valence-corrected chi connectivity index (χ1v) is 21.9. The van der Waals surface area contributed by atoms with Crippen molar-refractivity contribution in [2.75, 3.05) is 37.8 Å². The number of aromatic carboxylic acids is 1. The largest absolute Gasteiger partial charge is 0.493 e. The van der Waals surface area contributed by atoms with Gasteiger partial charge in [0.05, 0.1) is 37.6 Å². The third-order valence-corrected chi connectivity index (χ3v) is 13.2. The van der Waals surface area contributed by atoms with E-state index >= 15 is 0 Å². The number of ether oxygens (including phenoxy) is 2. The highest BCUT2D eigenvalue weighted by Gasteiger charge is 2.32. The van der Waals surface area contributed by atoms with Crippen molar-refractivity contribution in [2.24, 2.45) is 7.05 Å². The second-order valence-electron chi connectivity index (χ2n) is 15.4. The molecule has 7 aromatic rings. The molecule has 62 heavy (non-hydrogen) atoms. The zero-order valence-electron chi connectivity index (χ0n) is 34.8. The lowest BCUT2D eigenvalue weighted by Gasteiger charge is -2.28. The molecule has 0 bridgehead atoms. The fourth-order valence-electron chi connectivity index (χ4n) is 8.50. The molecule has 0 saturated carbocycles. The van der Waals surface area contributed by atoms with Crippen molar-refractivity contribution in [1.82, 2.24) is 23.6 Å². The van der Waals surface area contributed by atoms with Gasteiger partial charge >= 0.3 is 5.97 Å². The van der Waals surface area contributed by atoms with Crippen LogP contribution in [0.15, 0.2) is 108 Å². The van der Waals surface area contributed by atoms with Gasteiger partial charge in [-0.15, -0.1) is 0 Å². The normalized spacial score (nSPS) is 14.3. The van der Waals surface area contributed by atoms with E-state index in [-0.39, 0.29) is 30.2 Å². The van der Waals surface area contributed by atoms with Gasteiger partial charge in [0.25, 0.3) is 5.97 Å². The summed E-state index contributed by atoms with van der Waals surface area (Å²) in [7, 11) is -2.24.